The average molecular weight is 263 g/mol. The number of nitrogens with one attached hydrogen (secondary N) is 1. The van der Waals surface area contributed by atoms with Gasteiger partial charge in [0, 0.05) is 30.5 Å². The maximum atomic E-state index is 9.28. The minimum atomic E-state index is -0.0578. The maximum Gasteiger partial charge on any atom is 0.0494 e. The summed E-state index contributed by atoms with van der Waals surface area (Å²) in [7, 11) is 0. The second-order valence-corrected chi connectivity index (χ2v) is 7.13. The number of aliphatic hydroxyl groups excluding tert-OH is 1. The molecular formula is C17H29NO. The van der Waals surface area contributed by atoms with E-state index in [4.69, 9.17) is 0 Å². The molecule has 0 atom stereocenters. The molecular weight excluding hydrogens is 234 g/mol. The van der Waals surface area contributed by atoms with Gasteiger partial charge in [0.1, 0.15) is 0 Å². The van der Waals surface area contributed by atoms with Crippen molar-refractivity contribution >= 4 is 0 Å². The topological polar surface area (TPSA) is 32.3 Å². The van der Waals surface area contributed by atoms with Gasteiger partial charge >= 0.3 is 0 Å². The Morgan fingerprint density at radius 1 is 1.05 bits per heavy atom. The highest BCUT2D eigenvalue weighted by molar-refractivity contribution is 5.36. The predicted octanol–water partition coefficient (Wildman–Crippen LogP) is 3.19. The summed E-state index contributed by atoms with van der Waals surface area (Å²) in [6.45, 7) is 15.0. The Morgan fingerprint density at radius 2 is 1.68 bits per heavy atom. The van der Waals surface area contributed by atoms with Gasteiger partial charge in [0.15, 0.2) is 0 Å². The average Bonchev–Trinajstić information content (AvgIpc) is 2.31. The first kappa shape index (κ1) is 16.2. The lowest BCUT2D eigenvalue weighted by Crippen LogP contribution is -2.39. The van der Waals surface area contributed by atoms with Crippen LogP contribution < -0.4 is 5.32 Å². The molecule has 108 valence electrons. The van der Waals surface area contributed by atoms with Crippen LogP contribution in [0.3, 0.4) is 0 Å². The van der Waals surface area contributed by atoms with E-state index < -0.39 is 0 Å². The third-order valence-electron chi connectivity index (χ3n) is 3.72. The fourth-order valence-electron chi connectivity index (χ4n) is 2.33. The van der Waals surface area contributed by atoms with E-state index in [0.29, 0.717) is 0 Å². The molecule has 0 aromatic heterocycles. The van der Waals surface area contributed by atoms with Crippen LogP contribution in [0.25, 0.3) is 0 Å². The van der Waals surface area contributed by atoms with Crippen molar-refractivity contribution in [2.75, 3.05) is 19.7 Å². The quantitative estimate of drug-likeness (QED) is 0.826. The molecule has 0 radical (unpaired) electrons. The lowest BCUT2D eigenvalue weighted by Gasteiger charge is -2.30. The minimum absolute atomic E-state index is 0.0578. The summed E-state index contributed by atoms with van der Waals surface area (Å²) in [5.74, 6) is 0. The molecule has 0 spiro atoms. The van der Waals surface area contributed by atoms with E-state index in [2.05, 4.69) is 65.1 Å². The first-order valence-electron chi connectivity index (χ1n) is 7.07. The van der Waals surface area contributed by atoms with Crippen LogP contribution in [0.15, 0.2) is 18.2 Å². The molecule has 0 saturated heterocycles. The molecule has 0 aliphatic carbocycles. The van der Waals surface area contributed by atoms with E-state index in [0.717, 1.165) is 13.1 Å². The van der Waals surface area contributed by atoms with Gasteiger partial charge in [-0.15, -0.1) is 0 Å². The molecule has 0 heterocycles. The van der Waals surface area contributed by atoms with Gasteiger partial charge in [-0.1, -0.05) is 51.5 Å². The van der Waals surface area contributed by atoms with Gasteiger partial charge in [0.25, 0.3) is 0 Å². The zero-order valence-corrected chi connectivity index (χ0v) is 13.3. The largest absolute Gasteiger partial charge is 0.396 e. The molecule has 0 fully saturated rings. The fourth-order valence-corrected chi connectivity index (χ4v) is 2.33. The fraction of sp³-hybridized carbons (Fsp3) is 0.647. The first-order chi connectivity index (χ1) is 8.68. The Morgan fingerprint density at radius 3 is 2.26 bits per heavy atom. The lowest BCUT2D eigenvalue weighted by atomic mass is 9.81. The van der Waals surface area contributed by atoms with Crippen molar-refractivity contribution in [3.05, 3.63) is 34.9 Å². The summed E-state index contributed by atoms with van der Waals surface area (Å²) in [6, 6.07) is 6.65. The van der Waals surface area contributed by atoms with Gasteiger partial charge in [-0.05, 0) is 25.0 Å². The maximum absolute atomic E-state index is 9.28. The van der Waals surface area contributed by atoms with Crippen LogP contribution in [0.4, 0.5) is 0 Å². The van der Waals surface area contributed by atoms with Crippen LogP contribution in [0.5, 0.6) is 0 Å². The highest BCUT2D eigenvalue weighted by Gasteiger charge is 2.24. The molecule has 0 saturated carbocycles. The van der Waals surface area contributed by atoms with E-state index in [-0.39, 0.29) is 17.4 Å². The van der Waals surface area contributed by atoms with Gasteiger partial charge in [-0.25, -0.2) is 0 Å². The molecule has 0 aliphatic heterocycles. The zero-order chi connectivity index (χ0) is 14.7. The third-order valence-corrected chi connectivity index (χ3v) is 3.72. The normalized spacial score (nSPS) is 12.8. The molecule has 0 aliphatic rings. The van der Waals surface area contributed by atoms with Gasteiger partial charge in [0.2, 0.25) is 0 Å². The molecule has 19 heavy (non-hydrogen) atoms. The second kappa shape index (κ2) is 6.06. The van der Waals surface area contributed by atoms with Crippen LogP contribution in [0.1, 0.15) is 44.4 Å². The predicted molar refractivity (Wildman–Crippen MR) is 82.7 cm³/mol. The molecule has 1 rings (SSSR count). The van der Waals surface area contributed by atoms with E-state index >= 15 is 0 Å². The number of hydrogen-bond acceptors (Lipinski definition) is 2. The lowest BCUT2D eigenvalue weighted by molar-refractivity contribution is 0.155. The summed E-state index contributed by atoms with van der Waals surface area (Å²) >= 11 is 0. The molecule has 1 aromatic rings. The summed E-state index contributed by atoms with van der Waals surface area (Å²) < 4.78 is 0. The zero-order valence-electron chi connectivity index (χ0n) is 13.3. The van der Waals surface area contributed by atoms with Crippen molar-refractivity contribution in [1.29, 1.82) is 0 Å². The van der Waals surface area contributed by atoms with Crippen molar-refractivity contribution in [2.45, 2.75) is 47.0 Å². The summed E-state index contributed by atoms with van der Waals surface area (Å²) in [4.78, 5) is 0. The Balaban J connectivity index is 2.73. The molecule has 2 heteroatoms. The van der Waals surface area contributed by atoms with Gasteiger partial charge in [-0.3, -0.25) is 0 Å². The van der Waals surface area contributed by atoms with Crippen LogP contribution >= 0.6 is 0 Å². The van der Waals surface area contributed by atoms with Crippen molar-refractivity contribution in [2.24, 2.45) is 5.41 Å². The highest BCUT2D eigenvalue weighted by atomic mass is 16.3. The summed E-state index contributed by atoms with van der Waals surface area (Å²) in [5, 5.41) is 12.8. The summed E-state index contributed by atoms with van der Waals surface area (Å²) in [6.07, 6.45) is 0. The molecule has 2 N–H and O–H groups in total. The van der Waals surface area contributed by atoms with Gasteiger partial charge in [0.05, 0.1) is 0 Å². The SMILES string of the molecule is Cc1ccc(C)c(C(C)(C)CNCC(C)(C)CO)c1. The van der Waals surface area contributed by atoms with Crippen molar-refractivity contribution in [3.8, 4) is 0 Å². The molecule has 0 amide bonds. The van der Waals surface area contributed by atoms with E-state index in [1.807, 2.05) is 0 Å². The van der Waals surface area contributed by atoms with E-state index in [1.54, 1.807) is 0 Å². The number of rotatable bonds is 6. The number of hydrogen-bond donors (Lipinski definition) is 2. The standard InChI is InChI=1S/C17H29NO/c1-13-7-8-14(2)15(9-13)17(5,6)11-18-10-16(3,4)12-19/h7-9,18-19H,10-12H2,1-6H3. The summed E-state index contributed by atoms with van der Waals surface area (Å²) in [5.41, 5.74) is 4.10. The molecule has 2 nitrogen and oxygen atoms in total. The highest BCUT2D eigenvalue weighted by Crippen LogP contribution is 2.27. The Bertz CT molecular complexity index is 421. The monoisotopic (exact) mass is 263 g/mol. The Kier molecular flexibility index (Phi) is 5.17. The van der Waals surface area contributed by atoms with E-state index in [9.17, 15) is 5.11 Å². The number of benzene rings is 1. The third kappa shape index (κ3) is 4.63. The Hall–Kier alpha value is -0.860. The minimum Gasteiger partial charge on any atom is -0.396 e. The van der Waals surface area contributed by atoms with Crippen molar-refractivity contribution in [1.82, 2.24) is 5.32 Å². The van der Waals surface area contributed by atoms with Gasteiger partial charge in [-0.2, -0.15) is 0 Å². The molecule has 0 unspecified atom stereocenters. The molecule has 1 aromatic carbocycles. The number of aliphatic hydroxyl groups is 1. The number of aryl methyl sites for hydroxylation is 2. The van der Waals surface area contributed by atoms with Crippen LogP contribution in [0.2, 0.25) is 0 Å². The Labute approximate surface area is 118 Å². The van der Waals surface area contributed by atoms with Crippen LogP contribution in [0, 0.1) is 19.3 Å². The second-order valence-electron chi connectivity index (χ2n) is 7.13. The van der Waals surface area contributed by atoms with Crippen LogP contribution in [-0.4, -0.2) is 24.8 Å². The smallest absolute Gasteiger partial charge is 0.0494 e. The van der Waals surface area contributed by atoms with Gasteiger partial charge < -0.3 is 10.4 Å². The molecule has 0 bridgehead atoms. The van der Waals surface area contributed by atoms with E-state index in [1.165, 1.54) is 16.7 Å². The van der Waals surface area contributed by atoms with Crippen molar-refractivity contribution < 1.29 is 5.11 Å². The van der Waals surface area contributed by atoms with Crippen molar-refractivity contribution in [3.63, 3.8) is 0 Å². The van der Waals surface area contributed by atoms with Crippen LogP contribution in [-0.2, 0) is 5.41 Å². The first-order valence-corrected chi connectivity index (χ1v) is 7.07.